The molecular formula is C9H7Cl3O2S. The molecule has 0 spiro atoms. The minimum atomic E-state index is -3.65. The van der Waals surface area contributed by atoms with Crippen molar-refractivity contribution in [2.75, 3.05) is 0 Å². The summed E-state index contributed by atoms with van der Waals surface area (Å²) in [7, 11) is 1.53. The average Bonchev–Trinajstić information content (AvgIpc) is 2.74. The molecule has 0 bridgehead atoms. The molecule has 15 heavy (non-hydrogen) atoms. The smallest absolute Gasteiger partial charge is 0.207 e. The second-order valence-electron chi connectivity index (χ2n) is 3.52. The van der Waals surface area contributed by atoms with Crippen LogP contribution in [0.25, 0.3) is 0 Å². The van der Waals surface area contributed by atoms with Crippen molar-refractivity contribution in [1.29, 1.82) is 0 Å². The Kier molecular flexibility index (Phi) is 2.70. The van der Waals surface area contributed by atoms with Gasteiger partial charge in [0.05, 0.1) is 4.90 Å². The van der Waals surface area contributed by atoms with Crippen molar-refractivity contribution in [3.05, 3.63) is 29.8 Å². The maximum absolute atomic E-state index is 11.0. The van der Waals surface area contributed by atoms with E-state index in [1.165, 1.54) is 12.1 Å². The summed E-state index contributed by atoms with van der Waals surface area (Å²) in [6.45, 7) is 0. The van der Waals surface area contributed by atoms with Crippen LogP contribution in [0.15, 0.2) is 29.2 Å². The lowest BCUT2D eigenvalue weighted by molar-refractivity contribution is 0.609. The predicted octanol–water partition coefficient (Wildman–Crippen LogP) is 3.28. The number of rotatable bonds is 2. The first-order valence-electron chi connectivity index (χ1n) is 4.23. The molecule has 0 amide bonds. The first kappa shape index (κ1) is 11.5. The first-order valence-corrected chi connectivity index (χ1v) is 7.30. The second-order valence-corrected chi connectivity index (χ2v) is 7.63. The van der Waals surface area contributed by atoms with Crippen molar-refractivity contribution < 1.29 is 8.42 Å². The maximum atomic E-state index is 11.0. The van der Waals surface area contributed by atoms with Crippen molar-refractivity contribution in [3.63, 3.8) is 0 Å². The van der Waals surface area contributed by atoms with E-state index in [1.807, 2.05) is 0 Å². The topological polar surface area (TPSA) is 34.1 Å². The second kappa shape index (κ2) is 3.52. The van der Waals surface area contributed by atoms with Crippen molar-refractivity contribution in [3.8, 4) is 0 Å². The summed E-state index contributed by atoms with van der Waals surface area (Å²) >= 11 is 11.8. The highest BCUT2D eigenvalue weighted by atomic mass is 35.7. The number of halogens is 3. The van der Waals surface area contributed by atoms with Crippen LogP contribution in [0.1, 0.15) is 17.9 Å². The third-order valence-electron chi connectivity index (χ3n) is 2.39. The van der Waals surface area contributed by atoms with Crippen LogP contribution in [-0.2, 0) is 9.05 Å². The van der Waals surface area contributed by atoms with Crippen molar-refractivity contribution in [2.45, 2.75) is 21.6 Å². The molecule has 1 unspecified atom stereocenters. The summed E-state index contributed by atoms with van der Waals surface area (Å²) in [5.74, 6) is 0.0907. The number of hydrogen-bond acceptors (Lipinski definition) is 2. The van der Waals surface area contributed by atoms with Gasteiger partial charge in [-0.1, -0.05) is 12.1 Å². The Hall–Kier alpha value is 0.0400. The Balaban J connectivity index is 2.27. The van der Waals surface area contributed by atoms with E-state index in [1.54, 1.807) is 12.1 Å². The molecule has 1 aromatic carbocycles. The van der Waals surface area contributed by atoms with Crippen molar-refractivity contribution >= 4 is 42.9 Å². The molecule has 1 fully saturated rings. The number of alkyl halides is 2. The molecule has 6 heteroatoms. The third-order valence-corrected chi connectivity index (χ3v) is 4.60. The van der Waals surface area contributed by atoms with Crippen LogP contribution >= 0.6 is 33.9 Å². The average molecular weight is 286 g/mol. The fourth-order valence-electron chi connectivity index (χ4n) is 1.44. The minimum Gasteiger partial charge on any atom is -0.207 e. The highest BCUT2D eigenvalue weighted by Gasteiger charge is 2.52. The summed E-state index contributed by atoms with van der Waals surface area (Å²) in [5, 5.41) is 0. The minimum absolute atomic E-state index is 0.0864. The van der Waals surface area contributed by atoms with Crippen LogP contribution in [0.3, 0.4) is 0 Å². The molecule has 0 saturated heterocycles. The van der Waals surface area contributed by atoms with E-state index >= 15 is 0 Å². The molecule has 82 valence electrons. The predicted molar refractivity (Wildman–Crippen MR) is 61.3 cm³/mol. The van der Waals surface area contributed by atoms with Crippen molar-refractivity contribution in [1.82, 2.24) is 0 Å². The van der Waals surface area contributed by atoms with Crippen LogP contribution in [0.5, 0.6) is 0 Å². The van der Waals surface area contributed by atoms with Crippen LogP contribution in [-0.4, -0.2) is 12.8 Å². The van der Waals surface area contributed by atoms with E-state index in [2.05, 4.69) is 0 Å². The molecule has 0 aromatic heterocycles. The van der Waals surface area contributed by atoms with Gasteiger partial charge in [0.1, 0.15) is 4.33 Å². The summed E-state index contributed by atoms with van der Waals surface area (Å²) < 4.78 is 21.2. The standard InChI is InChI=1S/C9H7Cl3O2S/c10-9(11)5-8(9)6-1-3-7(4-2-6)15(12,13)14/h1-4,8H,5H2. The van der Waals surface area contributed by atoms with Crippen LogP contribution in [0, 0.1) is 0 Å². The summed E-state index contributed by atoms with van der Waals surface area (Å²) in [5.41, 5.74) is 0.934. The molecule has 0 N–H and O–H groups in total. The Labute approximate surface area is 103 Å². The molecule has 0 heterocycles. The molecule has 1 aromatic rings. The molecule has 1 atom stereocenters. The highest BCUT2D eigenvalue weighted by molar-refractivity contribution is 8.13. The van der Waals surface area contributed by atoms with Gasteiger partial charge in [0.25, 0.3) is 9.05 Å². The summed E-state index contributed by atoms with van der Waals surface area (Å²) in [4.78, 5) is 0.0864. The van der Waals surface area contributed by atoms with E-state index in [0.717, 1.165) is 5.56 Å². The van der Waals surface area contributed by atoms with Gasteiger partial charge in [0.2, 0.25) is 0 Å². The van der Waals surface area contributed by atoms with Gasteiger partial charge >= 0.3 is 0 Å². The van der Waals surface area contributed by atoms with Gasteiger partial charge in [-0.2, -0.15) is 0 Å². The fraction of sp³-hybridized carbons (Fsp3) is 0.333. The van der Waals surface area contributed by atoms with Crippen LogP contribution < -0.4 is 0 Å². The van der Waals surface area contributed by atoms with Gasteiger partial charge in [-0.05, 0) is 24.1 Å². The quantitative estimate of drug-likeness (QED) is 0.617. The van der Waals surface area contributed by atoms with Crippen molar-refractivity contribution in [2.24, 2.45) is 0 Å². The lowest BCUT2D eigenvalue weighted by atomic mass is 10.1. The molecule has 2 rings (SSSR count). The van der Waals surface area contributed by atoms with Crippen LogP contribution in [0.2, 0.25) is 0 Å². The molecule has 1 aliphatic rings. The first-order chi connectivity index (χ1) is 6.81. The van der Waals surface area contributed by atoms with Gasteiger partial charge in [-0.15, -0.1) is 23.2 Å². The van der Waals surface area contributed by atoms with E-state index in [4.69, 9.17) is 33.9 Å². The van der Waals surface area contributed by atoms with E-state index in [0.29, 0.717) is 6.42 Å². The number of benzene rings is 1. The normalized spacial score (nSPS) is 23.8. The maximum Gasteiger partial charge on any atom is 0.261 e. The van der Waals surface area contributed by atoms with E-state index in [-0.39, 0.29) is 10.8 Å². The van der Waals surface area contributed by atoms with E-state index in [9.17, 15) is 8.42 Å². The third kappa shape index (κ3) is 2.41. The lowest BCUT2D eigenvalue weighted by Gasteiger charge is -2.01. The lowest BCUT2D eigenvalue weighted by Crippen LogP contribution is -1.93. The summed E-state index contributed by atoms with van der Waals surface area (Å²) in [6.07, 6.45) is 0.698. The van der Waals surface area contributed by atoms with Gasteiger partial charge in [-0.25, -0.2) is 8.42 Å². The largest absolute Gasteiger partial charge is 0.261 e. The Morgan fingerprint density at radius 3 is 2.00 bits per heavy atom. The van der Waals surface area contributed by atoms with Gasteiger partial charge in [-0.3, -0.25) is 0 Å². The zero-order valence-electron chi connectivity index (χ0n) is 7.45. The molecule has 2 nitrogen and oxygen atoms in total. The zero-order valence-corrected chi connectivity index (χ0v) is 10.5. The van der Waals surface area contributed by atoms with Gasteiger partial charge in [0.15, 0.2) is 0 Å². The Morgan fingerprint density at radius 1 is 1.20 bits per heavy atom. The monoisotopic (exact) mass is 284 g/mol. The number of hydrogen-bond donors (Lipinski definition) is 0. The van der Waals surface area contributed by atoms with Crippen LogP contribution in [0.4, 0.5) is 0 Å². The molecule has 0 radical (unpaired) electrons. The molecular weight excluding hydrogens is 279 g/mol. The fourth-order valence-corrected chi connectivity index (χ4v) is 2.77. The van der Waals surface area contributed by atoms with Gasteiger partial charge < -0.3 is 0 Å². The molecule has 1 aliphatic carbocycles. The Bertz CT molecular complexity index is 479. The molecule has 1 saturated carbocycles. The zero-order chi connectivity index (χ0) is 11.3. The summed E-state index contributed by atoms with van der Waals surface area (Å²) in [6, 6.07) is 6.29. The highest BCUT2D eigenvalue weighted by Crippen LogP contribution is 2.59. The SMILES string of the molecule is O=S(=O)(Cl)c1ccc(C2CC2(Cl)Cl)cc1. The Morgan fingerprint density at radius 2 is 1.67 bits per heavy atom. The van der Waals surface area contributed by atoms with Gasteiger partial charge in [0, 0.05) is 16.6 Å². The van der Waals surface area contributed by atoms with E-state index < -0.39 is 13.4 Å². The molecule has 0 aliphatic heterocycles.